The predicted molar refractivity (Wildman–Crippen MR) is 69.7 cm³/mol. The van der Waals surface area contributed by atoms with Gasteiger partial charge in [-0.15, -0.1) is 0 Å². The molecule has 0 saturated carbocycles. The van der Waals surface area contributed by atoms with E-state index in [-0.39, 0.29) is 5.82 Å². The van der Waals surface area contributed by atoms with Crippen LogP contribution in [0.3, 0.4) is 0 Å². The van der Waals surface area contributed by atoms with E-state index in [0.717, 1.165) is 11.1 Å². The molecule has 2 aromatic carbocycles. The third kappa shape index (κ3) is 2.60. The number of benzene rings is 2. The fourth-order valence-electron chi connectivity index (χ4n) is 1.70. The largest absolute Gasteiger partial charge is 0.326 e. The molecule has 0 aromatic heterocycles. The van der Waals surface area contributed by atoms with Crippen molar-refractivity contribution >= 4 is 23.2 Å². The highest BCUT2D eigenvalue weighted by Gasteiger charge is 2.10. The van der Waals surface area contributed by atoms with E-state index >= 15 is 0 Å². The van der Waals surface area contributed by atoms with Crippen LogP contribution in [0.5, 0.6) is 0 Å². The lowest BCUT2D eigenvalue weighted by Gasteiger charge is -2.09. The lowest BCUT2D eigenvalue weighted by Crippen LogP contribution is -1.99. The molecule has 0 aliphatic carbocycles. The van der Waals surface area contributed by atoms with Gasteiger partial charge >= 0.3 is 0 Å². The molecule has 17 heavy (non-hydrogen) atoms. The zero-order valence-electron chi connectivity index (χ0n) is 8.88. The minimum atomic E-state index is -0.366. The first-order chi connectivity index (χ1) is 8.11. The monoisotopic (exact) mass is 269 g/mol. The Morgan fingerprint density at radius 3 is 2.12 bits per heavy atom. The van der Waals surface area contributed by atoms with Gasteiger partial charge in [-0.3, -0.25) is 0 Å². The van der Waals surface area contributed by atoms with E-state index in [4.69, 9.17) is 28.9 Å². The SMILES string of the molecule is NCc1cc(Cl)ccc1-c1ccc(Cl)cc1F. The fraction of sp³-hybridized carbons (Fsp3) is 0.0769. The molecule has 0 bridgehead atoms. The Morgan fingerprint density at radius 1 is 0.941 bits per heavy atom. The van der Waals surface area contributed by atoms with Gasteiger partial charge in [-0.1, -0.05) is 29.3 Å². The summed E-state index contributed by atoms with van der Waals surface area (Å²) in [6.07, 6.45) is 0. The second kappa shape index (κ2) is 5.05. The van der Waals surface area contributed by atoms with Crippen molar-refractivity contribution in [3.8, 4) is 11.1 Å². The summed E-state index contributed by atoms with van der Waals surface area (Å²) in [7, 11) is 0. The maximum absolute atomic E-state index is 13.8. The summed E-state index contributed by atoms with van der Waals surface area (Å²) in [5, 5.41) is 0.957. The van der Waals surface area contributed by atoms with E-state index in [1.807, 2.05) is 0 Å². The van der Waals surface area contributed by atoms with E-state index in [1.54, 1.807) is 30.3 Å². The van der Waals surface area contributed by atoms with Gasteiger partial charge < -0.3 is 5.73 Å². The molecule has 88 valence electrons. The van der Waals surface area contributed by atoms with Crippen molar-refractivity contribution in [1.82, 2.24) is 0 Å². The van der Waals surface area contributed by atoms with Crippen LogP contribution in [-0.2, 0) is 6.54 Å². The van der Waals surface area contributed by atoms with E-state index < -0.39 is 0 Å². The lowest BCUT2D eigenvalue weighted by molar-refractivity contribution is 0.631. The third-order valence-electron chi connectivity index (χ3n) is 2.51. The Kier molecular flexibility index (Phi) is 3.67. The molecule has 0 atom stereocenters. The number of nitrogens with two attached hydrogens (primary N) is 1. The van der Waals surface area contributed by atoms with Gasteiger partial charge in [0.25, 0.3) is 0 Å². The van der Waals surface area contributed by atoms with Gasteiger partial charge in [0.1, 0.15) is 5.82 Å². The van der Waals surface area contributed by atoms with E-state index in [0.29, 0.717) is 22.2 Å². The van der Waals surface area contributed by atoms with Gasteiger partial charge in [0.05, 0.1) is 0 Å². The zero-order chi connectivity index (χ0) is 12.4. The summed E-state index contributed by atoms with van der Waals surface area (Å²) in [4.78, 5) is 0. The van der Waals surface area contributed by atoms with Crippen molar-refractivity contribution < 1.29 is 4.39 Å². The van der Waals surface area contributed by atoms with Gasteiger partial charge in [-0.25, -0.2) is 4.39 Å². The summed E-state index contributed by atoms with van der Waals surface area (Å²) >= 11 is 11.6. The van der Waals surface area contributed by atoms with Crippen LogP contribution in [0.15, 0.2) is 36.4 Å². The normalized spacial score (nSPS) is 10.6. The highest BCUT2D eigenvalue weighted by molar-refractivity contribution is 6.31. The molecule has 0 spiro atoms. The number of hydrogen-bond donors (Lipinski definition) is 1. The van der Waals surface area contributed by atoms with Gasteiger partial charge in [0.15, 0.2) is 0 Å². The first kappa shape index (κ1) is 12.4. The molecule has 0 unspecified atom stereocenters. The summed E-state index contributed by atoms with van der Waals surface area (Å²) in [5.41, 5.74) is 7.65. The second-order valence-corrected chi connectivity index (χ2v) is 4.50. The Labute approximate surface area is 109 Å². The Bertz CT molecular complexity index is 555. The average molecular weight is 270 g/mol. The minimum Gasteiger partial charge on any atom is -0.326 e. The molecule has 2 rings (SSSR count). The molecule has 2 N–H and O–H groups in total. The van der Waals surface area contributed by atoms with Crippen LogP contribution in [0.4, 0.5) is 4.39 Å². The molecule has 1 nitrogen and oxygen atoms in total. The predicted octanol–water partition coefficient (Wildman–Crippen LogP) is 4.26. The van der Waals surface area contributed by atoms with Crippen molar-refractivity contribution in [3.63, 3.8) is 0 Å². The second-order valence-electron chi connectivity index (χ2n) is 3.63. The summed E-state index contributed by atoms with van der Waals surface area (Å²) < 4.78 is 13.8. The van der Waals surface area contributed by atoms with Crippen LogP contribution in [0.2, 0.25) is 10.0 Å². The van der Waals surface area contributed by atoms with Gasteiger partial charge in [-0.2, -0.15) is 0 Å². The molecule has 4 heteroatoms. The molecular formula is C13H10Cl2FN. The number of hydrogen-bond acceptors (Lipinski definition) is 1. The van der Waals surface area contributed by atoms with Crippen LogP contribution < -0.4 is 5.73 Å². The van der Waals surface area contributed by atoms with Gasteiger partial charge in [0, 0.05) is 22.2 Å². The molecule has 0 radical (unpaired) electrons. The van der Waals surface area contributed by atoms with Crippen LogP contribution in [0.25, 0.3) is 11.1 Å². The molecule has 0 aliphatic rings. The standard InChI is InChI=1S/C13H10Cl2FN/c14-9-1-3-11(8(5-9)7-17)12-4-2-10(15)6-13(12)16/h1-6H,7,17H2. The van der Waals surface area contributed by atoms with Gasteiger partial charge in [-0.05, 0) is 41.5 Å². The first-order valence-electron chi connectivity index (χ1n) is 5.05. The number of halogens is 3. The van der Waals surface area contributed by atoms with Crippen LogP contribution >= 0.6 is 23.2 Å². The average Bonchev–Trinajstić information content (AvgIpc) is 2.30. The highest BCUT2D eigenvalue weighted by atomic mass is 35.5. The molecule has 0 aliphatic heterocycles. The first-order valence-corrected chi connectivity index (χ1v) is 5.81. The minimum absolute atomic E-state index is 0.304. The highest BCUT2D eigenvalue weighted by Crippen LogP contribution is 2.29. The van der Waals surface area contributed by atoms with Crippen molar-refractivity contribution in [2.75, 3.05) is 0 Å². The topological polar surface area (TPSA) is 26.0 Å². The Balaban J connectivity index is 2.60. The number of rotatable bonds is 2. The lowest BCUT2D eigenvalue weighted by atomic mass is 9.99. The summed E-state index contributed by atoms with van der Waals surface area (Å²) in [6, 6.07) is 9.78. The molecule has 2 aromatic rings. The molecule has 0 heterocycles. The molecule has 0 amide bonds. The van der Waals surface area contributed by atoms with Crippen LogP contribution in [-0.4, -0.2) is 0 Å². The molecular weight excluding hydrogens is 260 g/mol. The van der Waals surface area contributed by atoms with Crippen LogP contribution in [0, 0.1) is 5.82 Å². The zero-order valence-corrected chi connectivity index (χ0v) is 10.4. The molecule has 0 fully saturated rings. The van der Waals surface area contributed by atoms with Gasteiger partial charge in [0.2, 0.25) is 0 Å². The smallest absolute Gasteiger partial charge is 0.132 e. The summed E-state index contributed by atoms with van der Waals surface area (Å²) in [6.45, 7) is 0.304. The van der Waals surface area contributed by atoms with Crippen molar-refractivity contribution in [2.45, 2.75) is 6.54 Å². The van der Waals surface area contributed by atoms with E-state index in [2.05, 4.69) is 0 Å². The maximum Gasteiger partial charge on any atom is 0.132 e. The summed E-state index contributed by atoms with van der Waals surface area (Å²) in [5.74, 6) is -0.366. The third-order valence-corrected chi connectivity index (χ3v) is 2.98. The van der Waals surface area contributed by atoms with E-state index in [1.165, 1.54) is 6.07 Å². The van der Waals surface area contributed by atoms with Crippen molar-refractivity contribution in [1.29, 1.82) is 0 Å². The fourth-order valence-corrected chi connectivity index (χ4v) is 2.06. The quantitative estimate of drug-likeness (QED) is 0.866. The van der Waals surface area contributed by atoms with E-state index in [9.17, 15) is 4.39 Å². The van der Waals surface area contributed by atoms with Crippen LogP contribution in [0.1, 0.15) is 5.56 Å². The van der Waals surface area contributed by atoms with Crippen molar-refractivity contribution in [3.05, 3.63) is 57.8 Å². The maximum atomic E-state index is 13.8. The Morgan fingerprint density at radius 2 is 1.53 bits per heavy atom. The Hall–Kier alpha value is -1.09. The molecule has 0 saturated heterocycles. The van der Waals surface area contributed by atoms with Crippen molar-refractivity contribution in [2.24, 2.45) is 5.73 Å².